The van der Waals surface area contributed by atoms with E-state index in [0.29, 0.717) is 37.7 Å². The second kappa shape index (κ2) is 6.27. The number of anilines is 2. The van der Waals surface area contributed by atoms with E-state index in [1.54, 1.807) is 35.7 Å². The second-order valence-corrected chi connectivity index (χ2v) is 6.75. The molecular formula is C18H18FN7O. The number of aliphatic hydroxyl groups is 1. The minimum absolute atomic E-state index is 0.362. The predicted molar refractivity (Wildman–Crippen MR) is 96.3 cm³/mol. The van der Waals surface area contributed by atoms with Crippen molar-refractivity contribution in [2.45, 2.75) is 25.4 Å². The summed E-state index contributed by atoms with van der Waals surface area (Å²) in [5, 5.41) is 15.2. The smallest absolute Gasteiger partial charge is 0.171 e. The van der Waals surface area contributed by atoms with Gasteiger partial charge in [-0.15, -0.1) is 0 Å². The van der Waals surface area contributed by atoms with E-state index in [2.05, 4.69) is 20.1 Å². The first-order valence-corrected chi connectivity index (χ1v) is 8.83. The molecule has 2 aliphatic heterocycles. The van der Waals surface area contributed by atoms with Crippen molar-refractivity contribution in [2.24, 2.45) is 0 Å². The first kappa shape index (κ1) is 16.1. The standard InChI is InChI=1S/C18H18FN7O/c19-12-3-5-24(9-12)16-7-22-17(8-21-16)26-10-14-15(23-26)11-25(18(14)27)13-2-1-4-20-6-13/h1-2,4,6-8,10,12,18,27H,3,5,9,11H2/t12-,18?/m1/s1. The molecule has 0 saturated carbocycles. The Morgan fingerprint density at radius 1 is 1.15 bits per heavy atom. The molecule has 1 N–H and O–H groups in total. The monoisotopic (exact) mass is 367 g/mol. The number of pyridine rings is 1. The summed E-state index contributed by atoms with van der Waals surface area (Å²) in [7, 11) is 0. The van der Waals surface area contributed by atoms with Crippen LogP contribution in [0.3, 0.4) is 0 Å². The van der Waals surface area contributed by atoms with Crippen molar-refractivity contribution in [3.8, 4) is 5.82 Å². The fourth-order valence-electron chi connectivity index (χ4n) is 3.57. The van der Waals surface area contributed by atoms with Gasteiger partial charge < -0.3 is 14.9 Å². The third-order valence-electron chi connectivity index (χ3n) is 5.01. The van der Waals surface area contributed by atoms with Crippen LogP contribution in [0.1, 0.15) is 23.9 Å². The number of aliphatic hydroxyl groups excluding tert-OH is 1. The van der Waals surface area contributed by atoms with Crippen molar-refractivity contribution < 1.29 is 9.50 Å². The van der Waals surface area contributed by atoms with E-state index in [1.807, 2.05) is 21.9 Å². The van der Waals surface area contributed by atoms with Crippen LogP contribution in [0.2, 0.25) is 0 Å². The molecule has 0 aromatic carbocycles. The van der Waals surface area contributed by atoms with Gasteiger partial charge in [0.25, 0.3) is 0 Å². The molecule has 0 aliphatic carbocycles. The van der Waals surface area contributed by atoms with Crippen LogP contribution in [0, 0.1) is 0 Å². The SMILES string of the molecule is OC1c2cn(-c3cnc(N4CC[C@@H](F)C4)cn3)nc2CN1c1cccnc1. The molecule has 27 heavy (non-hydrogen) atoms. The van der Waals surface area contributed by atoms with E-state index in [1.165, 1.54) is 0 Å². The summed E-state index contributed by atoms with van der Waals surface area (Å²) in [5.41, 5.74) is 2.37. The first-order valence-electron chi connectivity index (χ1n) is 8.83. The van der Waals surface area contributed by atoms with Gasteiger partial charge in [-0.2, -0.15) is 5.10 Å². The summed E-state index contributed by atoms with van der Waals surface area (Å²) < 4.78 is 15.0. The highest BCUT2D eigenvalue weighted by Gasteiger charge is 2.32. The van der Waals surface area contributed by atoms with Crippen LogP contribution in [-0.4, -0.2) is 49.1 Å². The van der Waals surface area contributed by atoms with Crippen molar-refractivity contribution in [3.05, 3.63) is 54.4 Å². The van der Waals surface area contributed by atoms with Gasteiger partial charge in [0.1, 0.15) is 12.0 Å². The van der Waals surface area contributed by atoms with Crippen LogP contribution in [0.25, 0.3) is 5.82 Å². The summed E-state index contributed by atoms with van der Waals surface area (Å²) >= 11 is 0. The van der Waals surface area contributed by atoms with E-state index < -0.39 is 12.4 Å². The quantitative estimate of drug-likeness (QED) is 0.753. The number of aromatic nitrogens is 5. The fraction of sp³-hybridized carbons (Fsp3) is 0.333. The van der Waals surface area contributed by atoms with E-state index in [0.717, 1.165) is 16.9 Å². The molecule has 3 aromatic rings. The number of hydrogen-bond donors (Lipinski definition) is 1. The third kappa shape index (κ3) is 2.80. The molecule has 1 fully saturated rings. The largest absolute Gasteiger partial charge is 0.369 e. The lowest BCUT2D eigenvalue weighted by Crippen LogP contribution is -2.22. The molecule has 0 bridgehead atoms. The molecule has 1 saturated heterocycles. The van der Waals surface area contributed by atoms with E-state index in [-0.39, 0.29) is 0 Å². The van der Waals surface area contributed by atoms with E-state index in [4.69, 9.17) is 0 Å². The molecule has 138 valence electrons. The highest BCUT2D eigenvalue weighted by molar-refractivity contribution is 5.50. The molecule has 0 spiro atoms. The molecule has 9 heteroatoms. The zero-order chi connectivity index (χ0) is 18.4. The molecule has 0 amide bonds. The maximum Gasteiger partial charge on any atom is 0.171 e. The normalized spacial score (nSPS) is 21.7. The summed E-state index contributed by atoms with van der Waals surface area (Å²) in [6.07, 6.45) is 7.39. The van der Waals surface area contributed by atoms with Gasteiger partial charge >= 0.3 is 0 Å². The Labute approximate surface area is 154 Å². The number of nitrogens with zero attached hydrogens (tertiary/aromatic N) is 7. The average Bonchev–Trinajstić information content (AvgIpc) is 3.39. The lowest BCUT2D eigenvalue weighted by Gasteiger charge is -2.22. The van der Waals surface area contributed by atoms with Crippen LogP contribution in [0.15, 0.2) is 43.1 Å². The summed E-state index contributed by atoms with van der Waals surface area (Å²) in [6, 6.07) is 3.74. The average molecular weight is 367 g/mol. The molecule has 5 rings (SSSR count). The molecule has 0 radical (unpaired) electrons. The Hall–Kier alpha value is -3.07. The molecule has 1 unspecified atom stereocenters. The Bertz CT molecular complexity index is 946. The molecular weight excluding hydrogens is 349 g/mol. The molecule has 5 heterocycles. The van der Waals surface area contributed by atoms with E-state index >= 15 is 0 Å². The number of hydrogen-bond acceptors (Lipinski definition) is 7. The van der Waals surface area contributed by atoms with Crippen LogP contribution >= 0.6 is 0 Å². The van der Waals surface area contributed by atoms with Crippen molar-refractivity contribution >= 4 is 11.5 Å². The Balaban J connectivity index is 1.36. The van der Waals surface area contributed by atoms with Crippen molar-refractivity contribution in [2.75, 3.05) is 22.9 Å². The maximum atomic E-state index is 13.4. The third-order valence-corrected chi connectivity index (χ3v) is 5.01. The predicted octanol–water partition coefficient (Wildman–Crippen LogP) is 1.62. The topological polar surface area (TPSA) is 83.2 Å². The van der Waals surface area contributed by atoms with Crippen LogP contribution in [0.5, 0.6) is 0 Å². The summed E-state index contributed by atoms with van der Waals surface area (Å²) in [6.45, 7) is 1.51. The zero-order valence-corrected chi connectivity index (χ0v) is 14.5. The van der Waals surface area contributed by atoms with Gasteiger partial charge in [0.2, 0.25) is 0 Å². The van der Waals surface area contributed by atoms with Gasteiger partial charge in [-0.1, -0.05) is 0 Å². The van der Waals surface area contributed by atoms with E-state index in [9.17, 15) is 9.50 Å². The highest BCUT2D eigenvalue weighted by atomic mass is 19.1. The van der Waals surface area contributed by atoms with Gasteiger partial charge in [-0.25, -0.2) is 19.0 Å². The minimum Gasteiger partial charge on any atom is -0.369 e. The molecule has 3 aromatic heterocycles. The lowest BCUT2D eigenvalue weighted by molar-refractivity contribution is 0.181. The summed E-state index contributed by atoms with van der Waals surface area (Å²) in [5.74, 6) is 1.23. The zero-order valence-electron chi connectivity index (χ0n) is 14.5. The van der Waals surface area contributed by atoms with Gasteiger partial charge in [0, 0.05) is 24.5 Å². The maximum absolute atomic E-state index is 13.4. The number of alkyl halides is 1. The molecule has 8 nitrogen and oxygen atoms in total. The number of rotatable bonds is 3. The van der Waals surface area contributed by atoms with Crippen LogP contribution in [-0.2, 0) is 6.54 Å². The fourth-order valence-corrected chi connectivity index (χ4v) is 3.57. The van der Waals surface area contributed by atoms with Crippen LogP contribution in [0.4, 0.5) is 15.9 Å². The van der Waals surface area contributed by atoms with Crippen molar-refractivity contribution in [1.82, 2.24) is 24.7 Å². The lowest BCUT2D eigenvalue weighted by atomic mass is 10.3. The Morgan fingerprint density at radius 3 is 2.67 bits per heavy atom. The first-order chi connectivity index (χ1) is 13.2. The Kier molecular flexibility index (Phi) is 3.75. The van der Waals surface area contributed by atoms with Crippen molar-refractivity contribution in [3.63, 3.8) is 0 Å². The molecule has 2 atom stereocenters. The Morgan fingerprint density at radius 2 is 2.00 bits per heavy atom. The highest BCUT2D eigenvalue weighted by Crippen LogP contribution is 2.35. The second-order valence-electron chi connectivity index (χ2n) is 6.75. The van der Waals surface area contributed by atoms with Gasteiger partial charge in [-0.05, 0) is 18.6 Å². The van der Waals surface area contributed by atoms with Gasteiger partial charge in [0.15, 0.2) is 12.0 Å². The van der Waals surface area contributed by atoms with Gasteiger partial charge in [0.05, 0.1) is 43.1 Å². The molecule has 2 aliphatic rings. The number of halogens is 1. The summed E-state index contributed by atoms with van der Waals surface area (Å²) in [4.78, 5) is 16.6. The van der Waals surface area contributed by atoms with Crippen LogP contribution < -0.4 is 9.80 Å². The van der Waals surface area contributed by atoms with Crippen molar-refractivity contribution in [1.29, 1.82) is 0 Å². The minimum atomic E-state index is -0.801. The van der Waals surface area contributed by atoms with Gasteiger partial charge in [-0.3, -0.25) is 4.98 Å². The number of fused-ring (bicyclic) bond motifs is 1.